The van der Waals surface area contributed by atoms with E-state index in [0.717, 1.165) is 44.1 Å². The average molecular weight is 380 g/mol. The monoisotopic (exact) mass is 380 g/mol. The van der Waals surface area contributed by atoms with Gasteiger partial charge in [-0.25, -0.2) is 19.4 Å². The van der Waals surface area contributed by atoms with Crippen LogP contribution in [0, 0.1) is 0 Å². The van der Waals surface area contributed by atoms with Crippen molar-refractivity contribution in [2.24, 2.45) is 0 Å². The molecule has 152 valence electrons. The topological polar surface area (TPSA) is 71.1 Å². The van der Waals surface area contributed by atoms with E-state index in [1.165, 1.54) is 0 Å². The molecule has 0 N–H and O–H groups in total. The number of rotatable bonds is 14. The van der Waals surface area contributed by atoms with Gasteiger partial charge >= 0.3 is 11.9 Å². The second-order valence-electron chi connectivity index (χ2n) is 6.30. The summed E-state index contributed by atoms with van der Waals surface area (Å²) in [5.41, 5.74) is 1.13. The van der Waals surface area contributed by atoms with E-state index in [4.69, 9.17) is 19.2 Å². The van der Waals surface area contributed by atoms with Gasteiger partial charge in [0.1, 0.15) is 6.61 Å². The van der Waals surface area contributed by atoms with Crippen LogP contribution in [0.5, 0.6) is 0 Å². The minimum Gasteiger partial charge on any atom is -0.462 e. The maximum Gasteiger partial charge on any atom is 0.339 e. The number of esters is 2. The van der Waals surface area contributed by atoms with Gasteiger partial charge in [-0.15, -0.1) is 0 Å². The first-order chi connectivity index (χ1) is 13.1. The molecule has 0 radical (unpaired) electrons. The summed E-state index contributed by atoms with van der Waals surface area (Å²) in [7, 11) is 0. The highest BCUT2D eigenvalue weighted by Crippen LogP contribution is 2.17. The molecule has 0 atom stereocenters. The lowest BCUT2D eigenvalue weighted by Crippen LogP contribution is -2.15. The van der Waals surface area contributed by atoms with E-state index in [9.17, 15) is 9.59 Å². The highest BCUT2D eigenvalue weighted by Gasteiger charge is 2.20. The second-order valence-corrected chi connectivity index (χ2v) is 6.30. The molecule has 0 spiro atoms. The van der Waals surface area contributed by atoms with Crippen LogP contribution in [0.4, 0.5) is 0 Å². The fourth-order valence-electron chi connectivity index (χ4n) is 2.17. The van der Waals surface area contributed by atoms with Crippen LogP contribution in [-0.4, -0.2) is 31.8 Å². The van der Waals surface area contributed by atoms with Crippen LogP contribution in [0.3, 0.4) is 0 Å². The standard InChI is InChI=1S/C21H32O6/c1-4-7-12-24-20(22)18-11-10-17(16-27-26-14-9-6-3)15-19(18)21(23)25-13-8-5-2/h10-11,15H,4-9,12-14,16H2,1-3H3. The Morgan fingerprint density at radius 2 is 1.30 bits per heavy atom. The quantitative estimate of drug-likeness (QED) is 0.199. The Morgan fingerprint density at radius 3 is 1.89 bits per heavy atom. The molecule has 6 heteroatoms. The van der Waals surface area contributed by atoms with E-state index >= 15 is 0 Å². The number of benzene rings is 1. The zero-order chi connectivity index (χ0) is 19.9. The number of hydrogen-bond acceptors (Lipinski definition) is 6. The van der Waals surface area contributed by atoms with Crippen LogP contribution in [0.15, 0.2) is 18.2 Å². The van der Waals surface area contributed by atoms with E-state index in [2.05, 4.69) is 6.92 Å². The third-order valence-corrected chi connectivity index (χ3v) is 3.88. The van der Waals surface area contributed by atoms with Gasteiger partial charge < -0.3 is 9.47 Å². The summed E-state index contributed by atoms with van der Waals surface area (Å²) in [5.74, 6) is -1.04. The average Bonchev–Trinajstić information content (AvgIpc) is 2.68. The molecule has 1 aromatic rings. The van der Waals surface area contributed by atoms with Gasteiger partial charge in [0, 0.05) is 0 Å². The normalized spacial score (nSPS) is 10.6. The summed E-state index contributed by atoms with van der Waals surface area (Å²) in [6.07, 6.45) is 5.33. The molecule has 1 rings (SSSR count). The van der Waals surface area contributed by atoms with Gasteiger partial charge in [-0.3, -0.25) is 0 Å². The summed E-state index contributed by atoms with van der Waals surface area (Å²) < 4.78 is 10.5. The van der Waals surface area contributed by atoms with E-state index in [-0.39, 0.29) is 17.7 Å². The Kier molecular flexibility index (Phi) is 12.1. The van der Waals surface area contributed by atoms with Crippen LogP contribution in [0.1, 0.15) is 85.6 Å². The second kappa shape index (κ2) is 14.2. The summed E-state index contributed by atoms with van der Waals surface area (Å²) in [6, 6.07) is 4.91. The van der Waals surface area contributed by atoms with Gasteiger partial charge in [-0.05, 0) is 37.0 Å². The lowest BCUT2D eigenvalue weighted by Gasteiger charge is -2.12. The largest absolute Gasteiger partial charge is 0.462 e. The molecular weight excluding hydrogens is 348 g/mol. The van der Waals surface area contributed by atoms with Crippen molar-refractivity contribution in [2.45, 2.75) is 65.9 Å². The van der Waals surface area contributed by atoms with Crippen LogP contribution < -0.4 is 0 Å². The summed E-state index contributed by atoms with van der Waals surface area (Å²) >= 11 is 0. The molecule has 0 amide bonds. The fourth-order valence-corrected chi connectivity index (χ4v) is 2.17. The molecule has 0 heterocycles. The SMILES string of the molecule is CCCCOOCc1ccc(C(=O)OCCCC)c(C(=O)OCCCC)c1. The highest BCUT2D eigenvalue weighted by atomic mass is 17.2. The van der Waals surface area contributed by atoms with Gasteiger partial charge in [0.25, 0.3) is 0 Å². The van der Waals surface area contributed by atoms with Gasteiger partial charge in [0.15, 0.2) is 0 Å². The minimum absolute atomic E-state index is 0.185. The van der Waals surface area contributed by atoms with Crippen molar-refractivity contribution in [1.29, 1.82) is 0 Å². The van der Waals surface area contributed by atoms with Crippen molar-refractivity contribution in [3.8, 4) is 0 Å². The van der Waals surface area contributed by atoms with Crippen molar-refractivity contribution >= 4 is 11.9 Å². The molecule has 0 bridgehead atoms. The van der Waals surface area contributed by atoms with Crippen LogP contribution in [-0.2, 0) is 25.9 Å². The van der Waals surface area contributed by atoms with Gasteiger partial charge in [-0.1, -0.05) is 46.1 Å². The summed E-state index contributed by atoms with van der Waals surface area (Å²) in [5, 5.41) is 0. The van der Waals surface area contributed by atoms with E-state index in [1.54, 1.807) is 18.2 Å². The van der Waals surface area contributed by atoms with Crippen molar-refractivity contribution in [3.05, 3.63) is 34.9 Å². The Hall–Kier alpha value is -1.92. The highest BCUT2D eigenvalue weighted by molar-refractivity contribution is 6.03. The molecule has 0 fully saturated rings. The zero-order valence-corrected chi connectivity index (χ0v) is 16.8. The molecule has 6 nitrogen and oxygen atoms in total. The molecular formula is C21H32O6. The predicted molar refractivity (Wildman–Crippen MR) is 102 cm³/mol. The third kappa shape index (κ3) is 9.02. The van der Waals surface area contributed by atoms with Crippen molar-refractivity contribution in [1.82, 2.24) is 0 Å². The Morgan fingerprint density at radius 1 is 0.741 bits per heavy atom. The van der Waals surface area contributed by atoms with Crippen LogP contribution in [0.2, 0.25) is 0 Å². The Balaban J connectivity index is 2.83. The van der Waals surface area contributed by atoms with Crippen molar-refractivity contribution in [3.63, 3.8) is 0 Å². The lowest BCUT2D eigenvalue weighted by molar-refractivity contribution is -0.304. The molecule has 0 saturated heterocycles. The first-order valence-electron chi connectivity index (χ1n) is 9.85. The van der Waals surface area contributed by atoms with E-state index in [0.29, 0.717) is 19.8 Å². The summed E-state index contributed by atoms with van der Waals surface area (Å²) in [4.78, 5) is 35.0. The van der Waals surface area contributed by atoms with Gasteiger partial charge in [0.2, 0.25) is 0 Å². The molecule has 1 aromatic carbocycles. The maximum atomic E-state index is 12.4. The molecule has 0 unspecified atom stereocenters. The van der Waals surface area contributed by atoms with Gasteiger partial charge in [0.05, 0.1) is 30.9 Å². The number of ether oxygens (including phenoxy) is 2. The number of hydrogen-bond donors (Lipinski definition) is 0. The number of unbranched alkanes of at least 4 members (excludes halogenated alkanes) is 3. The fraction of sp³-hybridized carbons (Fsp3) is 0.619. The molecule has 27 heavy (non-hydrogen) atoms. The van der Waals surface area contributed by atoms with E-state index in [1.807, 2.05) is 13.8 Å². The summed E-state index contributed by atoms with van der Waals surface area (Å²) in [6.45, 7) is 7.45. The lowest BCUT2D eigenvalue weighted by atomic mass is 10.0. The van der Waals surface area contributed by atoms with Crippen molar-refractivity contribution < 1.29 is 28.8 Å². The van der Waals surface area contributed by atoms with Crippen LogP contribution in [0.25, 0.3) is 0 Å². The Bertz CT molecular complexity index is 570. The predicted octanol–water partition coefficient (Wildman–Crippen LogP) is 4.85. The van der Waals surface area contributed by atoms with Crippen molar-refractivity contribution in [2.75, 3.05) is 19.8 Å². The number of carbonyl (C=O) groups is 2. The maximum absolute atomic E-state index is 12.4. The minimum atomic E-state index is -0.528. The van der Waals surface area contributed by atoms with Crippen LogP contribution >= 0.6 is 0 Å². The Labute approximate surface area is 162 Å². The first kappa shape index (κ1) is 23.1. The molecule has 0 aliphatic carbocycles. The smallest absolute Gasteiger partial charge is 0.339 e. The van der Waals surface area contributed by atoms with E-state index < -0.39 is 11.9 Å². The first-order valence-corrected chi connectivity index (χ1v) is 9.85. The molecule has 0 aliphatic rings. The third-order valence-electron chi connectivity index (χ3n) is 3.88. The molecule has 0 saturated carbocycles. The molecule has 0 aliphatic heterocycles. The van der Waals surface area contributed by atoms with Gasteiger partial charge in [-0.2, -0.15) is 0 Å². The number of carbonyl (C=O) groups excluding carboxylic acids is 2. The molecule has 0 aromatic heterocycles. The zero-order valence-electron chi connectivity index (χ0n) is 16.8.